The molecular formula is C78H50BN5OPt-2. The first-order chi connectivity index (χ1) is 46.3. The van der Waals surface area contributed by atoms with Gasteiger partial charge in [0.15, 0.2) is 0 Å². The minimum absolute atomic E-state index is 0. The summed E-state index contributed by atoms with van der Waals surface area (Å²) in [5, 5.41) is 1.94. The molecule has 1 aliphatic rings. The van der Waals surface area contributed by atoms with E-state index < -0.39 is 60.4 Å². The SMILES string of the molecule is [2H]c1c([2H])c([2H])c(-c2cccc(-c3c([2H])c([2H])c([2H])c([2H])c3[2H])c2-[n+]2[c-]n(-c3[c-]c(Oc4[c-]c5c(cc4)c4ccccc4n5-c4cc(N5c6ccccc6B(c6c(-c7ccccc7)cccc6-c6ccccc6)c6ccccc65)ccn4)ccc3)c3ccccc32)c([2H])c1[2H].[Pt]. The van der Waals surface area contributed by atoms with E-state index in [0.29, 0.717) is 34.0 Å². The Morgan fingerprint density at radius 3 is 1.69 bits per heavy atom. The van der Waals surface area contributed by atoms with Gasteiger partial charge in [-0.2, -0.15) is 18.2 Å². The number of benzene rings is 12. The Balaban J connectivity index is 0.00000756. The molecule has 0 saturated carbocycles. The smallest absolute Gasteiger partial charge is 0.268 e. The first-order valence-corrected chi connectivity index (χ1v) is 27.9. The molecule has 12 aromatic carbocycles. The van der Waals surface area contributed by atoms with E-state index in [-0.39, 0.29) is 55.7 Å². The molecule has 0 saturated heterocycles. The second-order valence-electron chi connectivity index (χ2n) is 20.7. The van der Waals surface area contributed by atoms with Gasteiger partial charge >= 0.3 is 0 Å². The average Bonchev–Trinajstić information content (AvgIpc) is 0.895. The molecule has 8 heteroatoms. The van der Waals surface area contributed by atoms with E-state index in [2.05, 4.69) is 180 Å². The minimum Gasteiger partial charge on any atom is -0.510 e. The third-order valence-electron chi connectivity index (χ3n) is 15.9. The summed E-state index contributed by atoms with van der Waals surface area (Å²) in [6.07, 6.45) is 5.30. The summed E-state index contributed by atoms with van der Waals surface area (Å²) in [5.41, 5.74) is 14.6. The van der Waals surface area contributed by atoms with Crippen LogP contribution in [0.3, 0.4) is 0 Å². The van der Waals surface area contributed by atoms with Gasteiger partial charge in [0.25, 0.3) is 6.33 Å². The zero-order valence-electron chi connectivity index (χ0n) is 55.6. The van der Waals surface area contributed by atoms with Crippen LogP contribution in [-0.4, -0.2) is 20.8 Å². The molecule has 1 aliphatic heterocycles. The van der Waals surface area contributed by atoms with Crippen LogP contribution in [0, 0.1) is 18.5 Å². The fourth-order valence-electron chi connectivity index (χ4n) is 12.3. The fourth-order valence-corrected chi connectivity index (χ4v) is 12.3. The van der Waals surface area contributed by atoms with Gasteiger partial charge in [-0.05, 0) is 90.8 Å². The van der Waals surface area contributed by atoms with Gasteiger partial charge in [0, 0.05) is 61.7 Å². The van der Waals surface area contributed by atoms with Crippen LogP contribution in [0.15, 0.2) is 303 Å². The predicted octanol–water partition coefficient (Wildman–Crippen LogP) is 16.6. The number of pyridine rings is 1. The number of aromatic nitrogens is 4. The molecule has 6 nitrogen and oxygen atoms in total. The number of imidazole rings is 1. The quantitative estimate of drug-likeness (QED) is 0.0736. The van der Waals surface area contributed by atoms with Gasteiger partial charge in [0.1, 0.15) is 5.82 Å². The summed E-state index contributed by atoms with van der Waals surface area (Å²) in [4.78, 5) is 7.46. The second-order valence-corrected chi connectivity index (χ2v) is 20.7. The van der Waals surface area contributed by atoms with Gasteiger partial charge in [-0.1, -0.05) is 247 Å². The van der Waals surface area contributed by atoms with E-state index in [1.165, 1.54) is 27.5 Å². The van der Waals surface area contributed by atoms with Crippen molar-refractivity contribution in [3.8, 4) is 73.2 Å². The third-order valence-corrected chi connectivity index (χ3v) is 15.9. The Kier molecular flexibility index (Phi) is 10.9. The van der Waals surface area contributed by atoms with E-state index in [1.54, 1.807) is 33.4 Å². The number of rotatable bonds is 11. The molecule has 0 fully saturated rings. The molecule has 408 valence electrons. The van der Waals surface area contributed by atoms with Crippen LogP contribution in [0.2, 0.25) is 0 Å². The molecule has 15 aromatic rings. The zero-order chi connectivity index (χ0) is 64.9. The molecule has 0 spiro atoms. The van der Waals surface area contributed by atoms with Crippen molar-refractivity contribution >= 4 is 73.0 Å². The predicted molar refractivity (Wildman–Crippen MR) is 347 cm³/mol. The van der Waals surface area contributed by atoms with Gasteiger partial charge in [0.05, 0.1) is 36.1 Å². The fraction of sp³-hybridized carbons (Fsp3) is 0. The largest absolute Gasteiger partial charge is 0.510 e. The van der Waals surface area contributed by atoms with E-state index in [1.807, 2.05) is 66.9 Å². The van der Waals surface area contributed by atoms with Gasteiger partial charge < -0.3 is 18.8 Å². The van der Waals surface area contributed by atoms with Crippen molar-refractivity contribution in [2.75, 3.05) is 4.90 Å². The summed E-state index contributed by atoms with van der Waals surface area (Å²) in [6, 6.07) is 80.9. The molecule has 0 atom stereocenters. The topological polar surface area (TPSA) is 39.1 Å². The average molecular weight is 1290 g/mol. The number of para-hydroxylation sites is 6. The van der Waals surface area contributed by atoms with Crippen molar-refractivity contribution < 1.29 is 44.1 Å². The van der Waals surface area contributed by atoms with Gasteiger partial charge in [-0.15, -0.1) is 29.7 Å². The molecule has 0 amide bonds. The molecule has 0 bridgehead atoms. The van der Waals surface area contributed by atoms with Crippen molar-refractivity contribution in [3.63, 3.8) is 0 Å². The molecule has 0 aliphatic carbocycles. The molecule has 4 heterocycles. The Morgan fingerprint density at radius 1 is 0.465 bits per heavy atom. The monoisotopic (exact) mass is 1290 g/mol. The van der Waals surface area contributed by atoms with E-state index in [9.17, 15) is 0 Å². The molecule has 0 N–H and O–H groups in total. The van der Waals surface area contributed by atoms with Crippen molar-refractivity contribution in [2.45, 2.75) is 0 Å². The molecular weight excluding hydrogens is 1230 g/mol. The van der Waals surface area contributed by atoms with Crippen molar-refractivity contribution in [1.82, 2.24) is 14.1 Å². The van der Waals surface area contributed by atoms with Crippen molar-refractivity contribution in [2.24, 2.45) is 0 Å². The van der Waals surface area contributed by atoms with Crippen LogP contribution in [0.1, 0.15) is 13.7 Å². The maximum Gasteiger partial charge on any atom is 0.268 e. The maximum absolute atomic E-state index is 9.12. The number of anilines is 3. The minimum atomic E-state index is -0.580. The van der Waals surface area contributed by atoms with E-state index in [0.717, 1.165) is 50.0 Å². The first-order valence-electron chi connectivity index (χ1n) is 32.9. The summed E-state index contributed by atoms with van der Waals surface area (Å²) in [6.45, 7) is -0.135. The number of ether oxygens (including phenoxy) is 1. The Morgan fingerprint density at radius 2 is 1.02 bits per heavy atom. The van der Waals surface area contributed by atoms with Gasteiger partial charge in [-0.25, -0.2) is 4.98 Å². The van der Waals surface area contributed by atoms with Gasteiger partial charge in [0.2, 0.25) is 6.71 Å². The van der Waals surface area contributed by atoms with Crippen LogP contribution in [0.4, 0.5) is 17.1 Å². The molecule has 3 aromatic heterocycles. The number of nitrogens with zero attached hydrogens (tertiary/aromatic N) is 5. The van der Waals surface area contributed by atoms with Crippen LogP contribution in [0.5, 0.6) is 11.5 Å². The zero-order valence-corrected chi connectivity index (χ0v) is 47.9. The van der Waals surface area contributed by atoms with E-state index >= 15 is 0 Å². The van der Waals surface area contributed by atoms with Crippen molar-refractivity contribution in [3.05, 3.63) is 322 Å². The molecule has 86 heavy (non-hydrogen) atoms. The number of hydrogen-bond acceptors (Lipinski definition) is 3. The molecule has 16 rings (SSSR count). The Hall–Kier alpha value is -10.6. The standard InChI is InChI=1S/C78H50BN5O.Pt/c1-5-24-54(25-6-1)62-35-22-36-63(55-26-7-2-8-27-55)77(62)79-68-39-14-17-42-71(68)83(72-43-18-15-40-69(72)79)59-48-49-80-76(51-59)84-70-41-16-13-34-66(70)67-47-46-61(52-75(67)84)85-60-33-21-32-58(50-60)81-53-82(74-45-20-19-44-73(74)81)78-64(56-28-9-3-10-29-56)37-23-38-65(78)57-30-11-4-12-31-57;/h1-49,51H;/q-2;/i3D,4D,9D,10D,11D,12D,28D,29D,30D,31D;. The number of fused-ring (bicyclic) bond motifs is 6. The Labute approximate surface area is 528 Å². The van der Waals surface area contributed by atoms with Crippen molar-refractivity contribution in [1.29, 1.82) is 0 Å². The summed E-state index contributed by atoms with van der Waals surface area (Å²) < 4.78 is 100. The second kappa shape index (κ2) is 22.2. The van der Waals surface area contributed by atoms with Crippen LogP contribution in [-0.2, 0) is 21.1 Å². The summed E-state index contributed by atoms with van der Waals surface area (Å²) >= 11 is 0. The summed E-state index contributed by atoms with van der Waals surface area (Å²) in [7, 11) is 0. The van der Waals surface area contributed by atoms with E-state index in [4.69, 9.17) is 23.4 Å². The molecule has 0 unspecified atom stereocenters. The van der Waals surface area contributed by atoms with Crippen LogP contribution < -0.4 is 30.6 Å². The van der Waals surface area contributed by atoms with Crippen LogP contribution in [0.25, 0.3) is 94.5 Å². The Bertz CT molecular complexity index is 5400. The van der Waals surface area contributed by atoms with Crippen LogP contribution >= 0.6 is 0 Å². The normalized spacial score (nSPS) is 13.4. The van der Waals surface area contributed by atoms with Gasteiger partial charge in [-0.3, -0.25) is 4.57 Å². The third kappa shape index (κ3) is 9.04. The molecule has 0 radical (unpaired) electrons. The summed E-state index contributed by atoms with van der Waals surface area (Å²) in [5.74, 6) is 1.40. The first kappa shape index (κ1) is 42.3. The number of hydrogen-bond donors (Lipinski definition) is 0. The maximum atomic E-state index is 9.12.